The fraction of sp³-hybridized carbons (Fsp3) is 0.533. The van der Waals surface area contributed by atoms with Crippen molar-refractivity contribution in [1.29, 1.82) is 0 Å². The number of hydrogen-bond acceptors (Lipinski definition) is 0. The van der Waals surface area contributed by atoms with Crippen molar-refractivity contribution in [3.8, 4) is 0 Å². The molecule has 0 N–H and O–H groups in total. The fourth-order valence-electron chi connectivity index (χ4n) is 0.340. The van der Waals surface area contributed by atoms with E-state index in [0.29, 0.717) is 0 Å². The van der Waals surface area contributed by atoms with Crippen molar-refractivity contribution in [3.63, 3.8) is 0 Å². The maximum absolute atomic E-state index is 3.91. The standard InChI is InChI=1S/C5H5.C4H11Si.2C3H7.Pt/c1-2-4-5-3-1;1-5(2,3)4;2*1-3-2;/h1-3H,4H2;1H2,2-4H3;2*1,3H2,2H3;/q4*-1;+4. The summed E-state index contributed by atoms with van der Waals surface area (Å²) in [6.07, 6.45) is 12.0. The molecule has 0 radical (unpaired) electrons. The van der Waals surface area contributed by atoms with E-state index in [-0.39, 0.29) is 21.1 Å². The molecule has 1 aliphatic rings. The van der Waals surface area contributed by atoms with E-state index in [1.807, 2.05) is 26.0 Å². The molecular formula is C15H30PtSi. The van der Waals surface area contributed by atoms with Crippen LogP contribution in [0, 0.1) is 26.5 Å². The first-order valence-electron chi connectivity index (χ1n) is 5.98. The van der Waals surface area contributed by atoms with Crippen molar-refractivity contribution in [2.45, 2.75) is 52.8 Å². The molecule has 104 valence electrons. The van der Waals surface area contributed by atoms with Crippen LogP contribution in [0.5, 0.6) is 0 Å². The van der Waals surface area contributed by atoms with E-state index >= 15 is 0 Å². The summed E-state index contributed by atoms with van der Waals surface area (Å²) in [5.41, 5.74) is 0. The molecule has 17 heavy (non-hydrogen) atoms. The van der Waals surface area contributed by atoms with E-state index in [4.69, 9.17) is 0 Å². The second-order valence-electron chi connectivity index (χ2n) is 4.56. The molecule has 1 rings (SSSR count). The molecule has 0 aromatic heterocycles. The Morgan fingerprint density at radius 2 is 1.41 bits per heavy atom. The van der Waals surface area contributed by atoms with Gasteiger partial charge in [0.1, 0.15) is 0 Å². The molecule has 0 bridgehead atoms. The molecule has 0 spiro atoms. The smallest absolute Gasteiger partial charge is 0.344 e. The van der Waals surface area contributed by atoms with Crippen molar-refractivity contribution in [3.05, 3.63) is 44.7 Å². The maximum atomic E-state index is 3.91. The SMILES string of the molecule is [C-]1=CC=CC1.[CH2-]CC.[CH2-]CC.[CH2-][Si](C)(C)C.[Pt+4]. The third-order valence-electron chi connectivity index (χ3n) is 0.586. The van der Waals surface area contributed by atoms with E-state index < -0.39 is 8.07 Å². The molecule has 0 unspecified atom stereocenters. The third-order valence-corrected chi connectivity index (χ3v) is 0.586. The fourth-order valence-corrected chi connectivity index (χ4v) is 0.340. The van der Waals surface area contributed by atoms with Gasteiger partial charge in [-0.3, -0.25) is 6.08 Å². The normalized spacial score (nSPS) is 10.8. The van der Waals surface area contributed by atoms with Gasteiger partial charge in [-0.05, 0) is 0 Å². The van der Waals surface area contributed by atoms with Gasteiger partial charge in [0, 0.05) is 0 Å². The van der Waals surface area contributed by atoms with Crippen LogP contribution in [0.15, 0.2) is 18.2 Å². The Hall–Kier alpha value is 0.385. The van der Waals surface area contributed by atoms with Gasteiger partial charge in [0.2, 0.25) is 0 Å². The van der Waals surface area contributed by atoms with Crippen LogP contribution in [-0.2, 0) is 21.1 Å². The zero-order valence-electron chi connectivity index (χ0n) is 12.3. The first-order valence-corrected chi connectivity index (χ1v) is 9.69. The van der Waals surface area contributed by atoms with Crippen molar-refractivity contribution in [2.24, 2.45) is 0 Å². The minimum Gasteiger partial charge on any atom is -0.344 e. The number of rotatable bonds is 0. The van der Waals surface area contributed by atoms with Crippen molar-refractivity contribution in [2.75, 3.05) is 0 Å². The van der Waals surface area contributed by atoms with Crippen LogP contribution in [0.2, 0.25) is 19.6 Å². The molecule has 0 nitrogen and oxygen atoms in total. The molecule has 0 saturated heterocycles. The van der Waals surface area contributed by atoms with Crippen LogP contribution in [0.3, 0.4) is 0 Å². The summed E-state index contributed by atoms with van der Waals surface area (Å²) in [7, 11) is -0.861. The molecule has 0 atom stereocenters. The first-order chi connectivity index (χ1) is 7.33. The van der Waals surface area contributed by atoms with Crippen molar-refractivity contribution >= 4 is 8.07 Å². The summed E-state index contributed by atoms with van der Waals surface area (Å²) < 4.78 is 0. The van der Waals surface area contributed by atoms with Gasteiger partial charge in [-0.1, -0.05) is 33.5 Å². The van der Waals surface area contributed by atoms with Crippen LogP contribution < -0.4 is 0 Å². The van der Waals surface area contributed by atoms with Gasteiger partial charge >= 0.3 is 21.1 Å². The van der Waals surface area contributed by atoms with Crippen molar-refractivity contribution in [1.82, 2.24) is 0 Å². The van der Waals surface area contributed by atoms with E-state index in [2.05, 4.69) is 52.2 Å². The minimum absolute atomic E-state index is 0. The molecule has 0 saturated carbocycles. The average Bonchev–Trinajstić information content (AvgIpc) is 2.58. The van der Waals surface area contributed by atoms with Crippen LogP contribution in [0.25, 0.3) is 0 Å². The first kappa shape index (κ1) is 26.1. The molecule has 0 heterocycles. The Bertz CT molecular complexity index is 137. The predicted molar refractivity (Wildman–Crippen MR) is 81.6 cm³/mol. The van der Waals surface area contributed by atoms with E-state index in [1.165, 1.54) is 0 Å². The van der Waals surface area contributed by atoms with E-state index in [1.54, 1.807) is 0 Å². The Labute approximate surface area is 126 Å². The summed E-state index contributed by atoms with van der Waals surface area (Å²) in [5.74, 6) is 0. The molecule has 0 aliphatic heterocycles. The van der Waals surface area contributed by atoms with Crippen LogP contribution in [-0.4, -0.2) is 8.07 Å². The van der Waals surface area contributed by atoms with Gasteiger partial charge in [0.05, 0.1) is 0 Å². The van der Waals surface area contributed by atoms with Crippen LogP contribution in [0.4, 0.5) is 0 Å². The summed E-state index contributed by atoms with van der Waals surface area (Å²) >= 11 is 0. The number of hydrogen-bond donors (Lipinski definition) is 0. The summed E-state index contributed by atoms with van der Waals surface area (Å²) in [6, 6.07) is 0. The zero-order chi connectivity index (χ0) is 13.4. The monoisotopic (exact) mass is 433 g/mol. The second-order valence-corrected chi connectivity index (χ2v) is 9.69. The molecular weight excluding hydrogens is 403 g/mol. The van der Waals surface area contributed by atoms with Crippen molar-refractivity contribution < 1.29 is 21.1 Å². The van der Waals surface area contributed by atoms with Gasteiger partial charge in [-0.15, -0.1) is 14.5 Å². The topological polar surface area (TPSA) is 0 Å². The largest absolute Gasteiger partial charge is 4.00 e. The van der Waals surface area contributed by atoms with E-state index in [0.717, 1.165) is 19.3 Å². The average molecular weight is 434 g/mol. The molecule has 0 aromatic rings. The third kappa shape index (κ3) is 117. The molecule has 1 aliphatic carbocycles. The minimum atomic E-state index is -0.861. The zero-order valence-corrected chi connectivity index (χ0v) is 15.6. The molecule has 0 amide bonds. The Balaban J connectivity index is -0.0000000673. The van der Waals surface area contributed by atoms with Crippen LogP contribution in [0.1, 0.15) is 33.1 Å². The van der Waals surface area contributed by atoms with Gasteiger partial charge in [-0.25, -0.2) is 12.2 Å². The molecule has 2 heteroatoms. The summed E-state index contributed by atoms with van der Waals surface area (Å²) in [6.45, 7) is 21.6. The van der Waals surface area contributed by atoms with Gasteiger partial charge in [-0.2, -0.15) is 18.9 Å². The van der Waals surface area contributed by atoms with Gasteiger partial charge in [0.25, 0.3) is 0 Å². The predicted octanol–water partition coefficient (Wildman–Crippen LogP) is 5.46. The Morgan fingerprint density at radius 1 is 1.12 bits per heavy atom. The quantitative estimate of drug-likeness (QED) is 0.351. The summed E-state index contributed by atoms with van der Waals surface area (Å²) in [5, 5.41) is 0. The van der Waals surface area contributed by atoms with E-state index in [9.17, 15) is 0 Å². The second kappa shape index (κ2) is 21.6. The van der Waals surface area contributed by atoms with Gasteiger partial charge in [0.15, 0.2) is 0 Å². The number of allylic oxidation sites excluding steroid dienone is 4. The summed E-state index contributed by atoms with van der Waals surface area (Å²) in [4.78, 5) is 0. The molecule has 0 aromatic carbocycles. The van der Waals surface area contributed by atoms with Gasteiger partial charge < -0.3 is 20.4 Å². The Morgan fingerprint density at radius 3 is 1.47 bits per heavy atom. The maximum Gasteiger partial charge on any atom is 4.00 e. The Kier molecular flexibility index (Phi) is 33.2. The van der Waals surface area contributed by atoms with Crippen LogP contribution >= 0.6 is 0 Å². The molecule has 0 fully saturated rings.